The second-order valence-electron chi connectivity index (χ2n) is 6.50. The first-order chi connectivity index (χ1) is 14.1. The van der Waals surface area contributed by atoms with Crippen LogP contribution in [0.15, 0.2) is 65.1 Å². The molecule has 142 valence electrons. The number of esters is 1. The molecule has 1 N–H and O–H groups in total. The van der Waals surface area contributed by atoms with Gasteiger partial charge in [-0.25, -0.2) is 4.79 Å². The zero-order valence-electron chi connectivity index (χ0n) is 15.6. The highest BCUT2D eigenvalue weighted by Crippen LogP contribution is 2.32. The zero-order valence-corrected chi connectivity index (χ0v) is 15.6. The molecule has 0 fully saturated rings. The van der Waals surface area contributed by atoms with Crippen molar-refractivity contribution >= 4 is 39.3 Å². The van der Waals surface area contributed by atoms with Gasteiger partial charge in [-0.1, -0.05) is 48.5 Å². The molecule has 4 rings (SSSR count). The number of nitrogens with one attached hydrogen (secondary N) is 1. The predicted molar refractivity (Wildman–Crippen MR) is 109 cm³/mol. The number of ether oxygens (including phenoxy) is 1. The molecule has 0 bridgehead atoms. The average molecular weight is 384 g/mol. The number of rotatable bonds is 4. The highest BCUT2D eigenvalue weighted by molar-refractivity contribution is 6.08. The van der Waals surface area contributed by atoms with E-state index in [4.69, 9.17) is 14.4 Å². The Morgan fingerprint density at radius 3 is 2.62 bits per heavy atom. The Balaban J connectivity index is 1.52. The minimum Gasteiger partial charge on any atom is -0.450 e. The number of hydrogen-bond donors (Lipinski definition) is 1. The van der Waals surface area contributed by atoms with E-state index in [1.54, 1.807) is 31.2 Å². The first-order valence-corrected chi connectivity index (χ1v) is 8.95. The van der Waals surface area contributed by atoms with Crippen molar-refractivity contribution in [3.05, 3.63) is 77.6 Å². The lowest BCUT2D eigenvalue weighted by atomic mass is 10.1. The molecule has 0 unspecified atom stereocenters. The van der Waals surface area contributed by atoms with E-state index >= 15 is 0 Å². The van der Waals surface area contributed by atoms with Gasteiger partial charge in [0.05, 0.1) is 11.3 Å². The number of carbonyl (C=O) groups is 2. The number of fused-ring (bicyclic) bond motifs is 3. The van der Waals surface area contributed by atoms with E-state index in [2.05, 4.69) is 5.32 Å². The molecule has 29 heavy (non-hydrogen) atoms. The summed E-state index contributed by atoms with van der Waals surface area (Å²) < 4.78 is 10.9. The summed E-state index contributed by atoms with van der Waals surface area (Å²) in [6.07, 6.45) is 0. The van der Waals surface area contributed by atoms with E-state index in [0.717, 1.165) is 16.2 Å². The third-order valence-corrected chi connectivity index (χ3v) is 4.67. The molecule has 0 aliphatic rings. The van der Waals surface area contributed by atoms with Crippen LogP contribution in [0.2, 0.25) is 0 Å². The van der Waals surface area contributed by atoms with Gasteiger partial charge in [0.15, 0.2) is 6.61 Å². The quantitative estimate of drug-likeness (QED) is 0.521. The van der Waals surface area contributed by atoms with Crippen molar-refractivity contribution in [1.82, 2.24) is 0 Å². The lowest BCUT2D eigenvalue weighted by molar-refractivity contribution is -0.119. The van der Waals surface area contributed by atoms with Gasteiger partial charge in [-0.15, -0.1) is 0 Å². The number of benzene rings is 3. The molecule has 1 amide bonds. The van der Waals surface area contributed by atoms with Gasteiger partial charge in [0.25, 0.3) is 5.91 Å². The summed E-state index contributed by atoms with van der Waals surface area (Å²) in [5.74, 6) is -1.19. The molecule has 0 radical (unpaired) electrons. The number of aryl methyl sites for hydroxylation is 1. The predicted octanol–water partition coefficient (Wildman–Crippen LogP) is 4.56. The molecule has 0 atom stereocenters. The maximum Gasteiger partial charge on any atom is 0.375 e. The van der Waals surface area contributed by atoms with Gasteiger partial charge >= 0.3 is 5.97 Å². The standard InChI is InChI=1S/C23H16N2O4/c1-14-17-11-10-15-6-2-4-8-18(15)22(17)29-21(14)23(27)28-13-20(26)25-19-9-5-3-7-16(19)12-24/h2-11H,13H2,1H3,(H,25,26). The monoisotopic (exact) mass is 384 g/mol. The maximum absolute atomic E-state index is 12.5. The van der Waals surface area contributed by atoms with E-state index in [1.807, 2.05) is 42.5 Å². The molecule has 0 aliphatic carbocycles. The van der Waals surface area contributed by atoms with Gasteiger partial charge in [0.2, 0.25) is 5.76 Å². The average Bonchev–Trinajstić information content (AvgIpc) is 3.09. The topological polar surface area (TPSA) is 92.3 Å². The van der Waals surface area contributed by atoms with Crippen molar-refractivity contribution in [1.29, 1.82) is 5.26 Å². The van der Waals surface area contributed by atoms with Gasteiger partial charge in [0.1, 0.15) is 11.7 Å². The summed E-state index contributed by atoms with van der Waals surface area (Å²) in [5.41, 5.74) is 1.96. The van der Waals surface area contributed by atoms with Crippen molar-refractivity contribution < 1.29 is 18.7 Å². The van der Waals surface area contributed by atoms with Crippen LogP contribution >= 0.6 is 0 Å². The highest BCUT2D eigenvalue weighted by atomic mass is 16.5. The number of hydrogen-bond acceptors (Lipinski definition) is 5. The van der Waals surface area contributed by atoms with Crippen LogP contribution < -0.4 is 5.32 Å². The molecule has 1 heterocycles. The third-order valence-electron chi connectivity index (χ3n) is 4.67. The minimum atomic E-state index is -0.716. The van der Waals surface area contributed by atoms with Crippen LogP contribution in [-0.4, -0.2) is 18.5 Å². The minimum absolute atomic E-state index is 0.0709. The molecule has 1 aromatic heterocycles. The number of anilines is 1. The molecule has 0 spiro atoms. The van der Waals surface area contributed by atoms with Crippen LogP contribution in [0.4, 0.5) is 5.69 Å². The fourth-order valence-electron chi connectivity index (χ4n) is 3.22. The smallest absolute Gasteiger partial charge is 0.375 e. The Kier molecular flexibility index (Phi) is 4.71. The Morgan fingerprint density at radius 1 is 1.03 bits per heavy atom. The molecular weight excluding hydrogens is 368 g/mol. The maximum atomic E-state index is 12.5. The van der Waals surface area contributed by atoms with Crippen LogP contribution in [0.1, 0.15) is 21.7 Å². The van der Waals surface area contributed by atoms with Gasteiger partial charge < -0.3 is 14.5 Å². The van der Waals surface area contributed by atoms with Gasteiger partial charge in [-0.3, -0.25) is 4.79 Å². The Hall–Kier alpha value is -4.11. The van der Waals surface area contributed by atoms with Crippen LogP contribution in [0.3, 0.4) is 0 Å². The van der Waals surface area contributed by atoms with Crippen LogP contribution in [-0.2, 0) is 9.53 Å². The lowest BCUT2D eigenvalue weighted by Crippen LogP contribution is -2.21. The SMILES string of the molecule is Cc1c(C(=O)OCC(=O)Nc2ccccc2C#N)oc2c1ccc1ccccc12. The van der Waals surface area contributed by atoms with Gasteiger partial charge in [0, 0.05) is 16.3 Å². The van der Waals surface area contributed by atoms with Crippen molar-refractivity contribution in [3.63, 3.8) is 0 Å². The molecule has 6 nitrogen and oxygen atoms in total. The van der Waals surface area contributed by atoms with Crippen molar-refractivity contribution in [3.8, 4) is 6.07 Å². The molecule has 3 aromatic carbocycles. The van der Waals surface area contributed by atoms with E-state index < -0.39 is 18.5 Å². The molecular formula is C23H16N2O4. The van der Waals surface area contributed by atoms with E-state index in [-0.39, 0.29) is 5.76 Å². The van der Waals surface area contributed by atoms with Crippen molar-refractivity contribution in [2.45, 2.75) is 6.92 Å². The largest absolute Gasteiger partial charge is 0.450 e. The number of carbonyl (C=O) groups excluding carboxylic acids is 2. The fraction of sp³-hybridized carbons (Fsp3) is 0.0870. The zero-order chi connectivity index (χ0) is 20.4. The summed E-state index contributed by atoms with van der Waals surface area (Å²) in [6, 6.07) is 20.2. The summed E-state index contributed by atoms with van der Waals surface area (Å²) in [6.45, 7) is 1.29. The van der Waals surface area contributed by atoms with Gasteiger partial charge in [-0.05, 0) is 24.4 Å². The summed E-state index contributed by atoms with van der Waals surface area (Å²) >= 11 is 0. The highest BCUT2D eigenvalue weighted by Gasteiger charge is 2.21. The second-order valence-corrected chi connectivity index (χ2v) is 6.50. The van der Waals surface area contributed by atoms with Crippen molar-refractivity contribution in [2.75, 3.05) is 11.9 Å². The molecule has 0 aliphatic heterocycles. The first kappa shape index (κ1) is 18.3. The molecule has 0 saturated heterocycles. The molecule has 4 aromatic rings. The molecule has 0 saturated carbocycles. The fourth-order valence-corrected chi connectivity index (χ4v) is 3.22. The third kappa shape index (κ3) is 3.42. The first-order valence-electron chi connectivity index (χ1n) is 8.95. The number of amides is 1. The summed E-state index contributed by atoms with van der Waals surface area (Å²) in [7, 11) is 0. The Labute approximate surface area is 166 Å². The molecule has 6 heteroatoms. The second kappa shape index (κ2) is 7.49. The van der Waals surface area contributed by atoms with Crippen LogP contribution in [0.5, 0.6) is 0 Å². The number of nitrogens with zero attached hydrogens (tertiary/aromatic N) is 1. The number of furan rings is 1. The van der Waals surface area contributed by atoms with Crippen LogP contribution in [0, 0.1) is 18.3 Å². The van der Waals surface area contributed by atoms with E-state index in [9.17, 15) is 9.59 Å². The van der Waals surface area contributed by atoms with Crippen molar-refractivity contribution in [2.24, 2.45) is 0 Å². The number of para-hydroxylation sites is 1. The van der Waals surface area contributed by atoms with Crippen LogP contribution in [0.25, 0.3) is 21.7 Å². The lowest BCUT2D eigenvalue weighted by Gasteiger charge is -2.07. The normalized spacial score (nSPS) is 10.6. The van der Waals surface area contributed by atoms with Gasteiger partial charge in [-0.2, -0.15) is 5.26 Å². The summed E-state index contributed by atoms with van der Waals surface area (Å²) in [4.78, 5) is 24.6. The number of nitriles is 1. The Bertz CT molecular complexity index is 1300. The van der Waals surface area contributed by atoms with E-state index in [0.29, 0.717) is 22.4 Å². The Morgan fingerprint density at radius 2 is 1.79 bits per heavy atom. The van der Waals surface area contributed by atoms with E-state index in [1.165, 1.54) is 0 Å². The summed E-state index contributed by atoms with van der Waals surface area (Å²) in [5, 5.41) is 14.4.